The lowest BCUT2D eigenvalue weighted by Crippen LogP contribution is -2.27. The highest BCUT2D eigenvalue weighted by molar-refractivity contribution is 7.91. The molecule has 0 amide bonds. The average Bonchev–Trinajstić information content (AvgIpc) is 2.97. The first-order valence-corrected chi connectivity index (χ1v) is 8.26. The van der Waals surface area contributed by atoms with Gasteiger partial charge >= 0.3 is 5.97 Å². The summed E-state index contributed by atoms with van der Waals surface area (Å²) < 4.78 is 31.6. The van der Waals surface area contributed by atoms with Gasteiger partial charge in [0, 0.05) is 18.4 Å². The van der Waals surface area contributed by atoms with E-state index in [-0.39, 0.29) is 9.90 Å². The van der Waals surface area contributed by atoms with Gasteiger partial charge in [0.2, 0.25) is 0 Å². The topological polar surface area (TPSA) is 98.2 Å². The van der Waals surface area contributed by atoms with Crippen LogP contribution in [0.15, 0.2) is 34.2 Å². The van der Waals surface area contributed by atoms with Crippen molar-refractivity contribution in [3.8, 4) is 0 Å². The number of sulfonamides is 1. The molecule has 1 N–H and O–H groups in total. The third-order valence-electron chi connectivity index (χ3n) is 2.70. The van der Waals surface area contributed by atoms with Crippen LogP contribution in [-0.4, -0.2) is 31.5 Å². The molecule has 0 aliphatic heterocycles. The number of methoxy groups -OCH3 is 1. The molecule has 1 unspecified atom stereocenters. The zero-order valence-corrected chi connectivity index (χ0v) is 12.9. The van der Waals surface area contributed by atoms with Crippen molar-refractivity contribution in [3.63, 3.8) is 0 Å². The summed E-state index contributed by atoms with van der Waals surface area (Å²) >= 11 is 0.863. The third kappa shape index (κ3) is 3.43. The molecule has 0 aromatic carbocycles. The molecule has 0 radical (unpaired) electrons. The van der Waals surface area contributed by atoms with Gasteiger partial charge in [-0.25, -0.2) is 22.9 Å². The van der Waals surface area contributed by atoms with Crippen LogP contribution in [0.25, 0.3) is 0 Å². The van der Waals surface area contributed by atoms with Crippen molar-refractivity contribution in [3.05, 3.63) is 41.3 Å². The van der Waals surface area contributed by atoms with E-state index in [1.807, 2.05) is 0 Å². The Kier molecular flexibility index (Phi) is 4.66. The Balaban J connectivity index is 2.27. The summed E-state index contributed by atoms with van der Waals surface area (Å²) in [5.41, 5.74) is 1.84. The predicted octanol–water partition coefficient (Wildman–Crippen LogP) is 1.36. The molecule has 0 bridgehead atoms. The first-order chi connectivity index (χ1) is 9.95. The van der Waals surface area contributed by atoms with Gasteiger partial charge in [0.05, 0.1) is 12.6 Å². The van der Waals surface area contributed by atoms with Gasteiger partial charge in [-0.3, -0.25) is 4.98 Å². The largest absolute Gasteiger partial charge is 0.464 e. The van der Waals surface area contributed by atoms with Gasteiger partial charge in [-0.05, 0) is 24.6 Å². The summed E-state index contributed by atoms with van der Waals surface area (Å²) in [5, 5.41) is 0. The molecular weight excluding hydrogens is 314 g/mol. The van der Waals surface area contributed by atoms with Gasteiger partial charge in [-0.1, -0.05) is 0 Å². The average molecular weight is 327 g/mol. The monoisotopic (exact) mass is 327 g/mol. The maximum absolute atomic E-state index is 12.4. The Morgan fingerprint density at radius 2 is 2.05 bits per heavy atom. The smallest absolute Gasteiger partial charge is 0.358 e. The Morgan fingerprint density at radius 1 is 1.38 bits per heavy atom. The molecule has 0 saturated carbocycles. The Hall–Kier alpha value is -1.84. The fourth-order valence-electron chi connectivity index (χ4n) is 1.67. The second-order valence-corrected chi connectivity index (χ2v) is 6.87. The van der Waals surface area contributed by atoms with Crippen molar-refractivity contribution < 1.29 is 17.9 Å². The number of pyridine rings is 1. The predicted molar refractivity (Wildman–Crippen MR) is 76.4 cm³/mol. The van der Waals surface area contributed by atoms with E-state index in [9.17, 15) is 13.2 Å². The second-order valence-electron chi connectivity index (χ2n) is 4.10. The molecular formula is C12H13N3O4S2. The second kappa shape index (κ2) is 6.29. The molecule has 112 valence electrons. The first-order valence-electron chi connectivity index (χ1n) is 5.89. The summed E-state index contributed by atoms with van der Waals surface area (Å²) in [6.07, 6.45) is 3.15. The van der Waals surface area contributed by atoms with E-state index in [1.165, 1.54) is 12.6 Å². The third-order valence-corrected chi connectivity index (χ3v) is 5.61. The highest BCUT2D eigenvalue weighted by Crippen LogP contribution is 2.23. The number of nitrogens with zero attached hydrogens (tertiary/aromatic N) is 2. The molecule has 9 heteroatoms. The van der Waals surface area contributed by atoms with E-state index in [4.69, 9.17) is 0 Å². The molecule has 0 aliphatic carbocycles. The lowest BCUT2D eigenvalue weighted by molar-refractivity contribution is 0.0590. The highest BCUT2D eigenvalue weighted by atomic mass is 32.2. The lowest BCUT2D eigenvalue weighted by atomic mass is 10.1. The van der Waals surface area contributed by atoms with Crippen molar-refractivity contribution in [2.45, 2.75) is 17.2 Å². The summed E-state index contributed by atoms with van der Waals surface area (Å²) in [5.74, 6) is -0.784. The number of aromatic nitrogens is 2. The standard InChI is InChI=1S/C12H13N3O4S2/c1-8(9-3-5-13-6-4-9)15-21(17,18)12-10(11(16)19-2)14-7-20-12/h3-8,15H,1-2H3. The van der Waals surface area contributed by atoms with Crippen molar-refractivity contribution in [2.24, 2.45) is 0 Å². The van der Waals surface area contributed by atoms with Gasteiger partial charge < -0.3 is 4.74 Å². The summed E-state index contributed by atoms with van der Waals surface area (Å²) in [6.45, 7) is 1.70. The van der Waals surface area contributed by atoms with Crippen molar-refractivity contribution in [1.29, 1.82) is 0 Å². The molecule has 21 heavy (non-hydrogen) atoms. The van der Waals surface area contributed by atoms with Gasteiger partial charge in [0.15, 0.2) is 9.90 Å². The van der Waals surface area contributed by atoms with E-state index in [0.717, 1.165) is 16.9 Å². The van der Waals surface area contributed by atoms with Crippen LogP contribution in [0.2, 0.25) is 0 Å². The molecule has 0 fully saturated rings. The lowest BCUT2D eigenvalue weighted by Gasteiger charge is -2.13. The highest BCUT2D eigenvalue weighted by Gasteiger charge is 2.28. The van der Waals surface area contributed by atoms with Crippen LogP contribution in [0.3, 0.4) is 0 Å². The van der Waals surface area contributed by atoms with Crippen LogP contribution in [-0.2, 0) is 14.8 Å². The number of carbonyl (C=O) groups is 1. The van der Waals surface area contributed by atoms with Crippen LogP contribution in [0, 0.1) is 0 Å². The van der Waals surface area contributed by atoms with Gasteiger partial charge in [-0.15, -0.1) is 11.3 Å². The molecule has 2 aromatic rings. The number of hydrogen-bond acceptors (Lipinski definition) is 7. The zero-order valence-electron chi connectivity index (χ0n) is 11.3. The van der Waals surface area contributed by atoms with Crippen molar-refractivity contribution in [1.82, 2.24) is 14.7 Å². The number of esters is 1. The molecule has 7 nitrogen and oxygen atoms in total. The van der Waals surface area contributed by atoms with Crippen LogP contribution in [0.4, 0.5) is 0 Å². The number of nitrogens with one attached hydrogen (secondary N) is 1. The Bertz CT molecular complexity index is 728. The summed E-state index contributed by atoms with van der Waals surface area (Å²) in [7, 11) is -2.69. The maximum atomic E-state index is 12.4. The number of ether oxygens (including phenoxy) is 1. The molecule has 1 atom stereocenters. The Morgan fingerprint density at radius 3 is 2.67 bits per heavy atom. The zero-order chi connectivity index (χ0) is 15.5. The van der Waals surface area contributed by atoms with Crippen molar-refractivity contribution >= 4 is 27.3 Å². The van der Waals surface area contributed by atoms with Crippen LogP contribution < -0.4 is 4.72 Å². The van der Waals surface area contributed by atoms with E-state index >= 15 is 0 Å². The number of hydrogen-bond donors (Lipinski definition) is 1. The van der Waals surface area contributed by atoms with Gasteiger partial charge in [-0.2, -0.15) is 0 Å². The SMILES string of the molecule is COC(=O)c1ncsc1S(=O)(=O)NC(C)c1ccncc1. The number of rotatable bonds is 5. The van der Waals surface area contributed by atoms with E-state index in [0.29, 0.717) is 0 Å². The summed E-state index contributed by atoms with van der Waals surface area (Å²) in [4.78, 5) is 19.1. The molecule has 2 aromatic heterocycles. The molecule has 0 spiro atoms. The number of carbonyl (C=O) groups excluding carboxylic acids is 1. The van der Waals surface area contributed by atoms with E-state index < -0.39 is 22.0 Å². The van der Waals surface area contributed by atoms with Crippen LogP contribution in [0.1, 0.15) is 29.0 Å². The van der Waals surface area contributed by atoms with Crippen LogP contribution >= 0.6 is 11.3 Å². The molecule has 0 saturated heterocycles. The van der Waals surface area contributed by atoms with Crippen LogP contribution in [0.5, 0.6) is 0 Å². The molecule has 2 rings (SSSR count). The minimum absolute atomic E-state index is 0.157. The minimum atomic E-state index is -3.87. The van der Waals surface area contributed by atoms with Gasteiger partial charge in [0.25, 0.3) is 10.0 Å². The minimum Gasteiger partial charge on any atom is -0.464 e. The Labute approximate surface area is 126 Å². The fraction of sp³-hybridized carbons (Fsp3) is 0.250. The van der Waals surface area contributed by atoms with E-state index in [2.05, 4.69) is 19.4 Å². The molecule has 2 heterocycles. The summed E-state index contributed by atoms with van der Waals surface area (Å²) in [6, 6.07) is 2.95. The quantitative estimate of drug-likeness (QED) is 0.833. The van der Waals surface area contributed by atoms with E-state index in [1.54, 1.807) is 31.5 Å². The van der Waals surface area contributed by atoms with Crippen molar-refractivity contribution in [2.75, 3.05) is 7.11 Å². The fourth-order valence-corrected chi connectivity index (χ4v) is 4.05. The van der Waals surface area contributed by atoms with Gasteiger partial charge in [0.1, 0.15) is 0 Å². The number of thiazole rings is 1. The maximum Gasteiger partial charge on any atom is 0.358 e. The first kappa shape index (κ1) is 15.5. The molecule has 0 aliphatic rings. The normalized spacial score (nSPS) is 12.9.